The van der Waals surface area contributed by atoms with Gasteiger partial charge in [0.15, 0.2) is 5.75 Å². The van der Waals surface area contributed by atoms with E-state index in [1.165, 1.54) is 0 Å². The number of hydrogen-bond acceptors (Lipinski definition) is 8. The van der Waals surface area contributed by atoms with Gasteiger partial charge in [-0.2, -0.15) is 0 Å². The molecule has 2 rings (SSSR count). The number of ether oxygens (including phenoxy) is 1. The van der Waals surface area contributed by atoms with Crippen molar-refractivity contribution in [3.8, 4) is 11.5 Å². The van der Waals surface area contributed by atoms with Gasteiger partial charge in [-0.3, -0.25) is 0 Å². The first-order valence-corrected chi connectivity index (χ1v) is 8.09. The first-order valence-electron chi connectivity index (χ1n) is 7.09. The maximum absolute atomic E-state index is 12.5. The fourth-order valence-corrected chi connectivity index (χ4v) is 2.51. The van der Waals surface area contributed by atoms with Crippen molar-refractivity contribution in [1.82, 2.24) is 0 Å². The largest absolute Gasteiger partial charge is 0.740 e. The molecule has 0 aliphatic rings. The summed E-state index contributed by atoms with van der Waals surface area (Å²) in [5, 5.41) is 27.5. The number of hydrogen-bond donors (Lipinski definition) is 3. The van der Waals surface area contributed by atoms with Gasteiger partial charge >= 0.3 is 23.9 Å². The number of carboxylic acid groups (broad SMARTS) is 3. The highest BCUT2D eigenvalue weighted by Gasteiger charge is 2.27. The van der Waals surface area contributed by atoms with Crippen molar-refractivity contribution in [1.29, 1.82) is 0 Å². The van der Waals surface area contributed by atoms with Gasteiger partial charge in [-0.1, -0.05) is 12.1 Å². The van der Waals surface area contributed by atoms with Crippen LogP contribution in [0.4, 0.5) is 0 Å². The van der Waals surface area contributed by atoms with E-state index in [9.17, 15) is 38.2 Å². The van der Waals surface area contributed by atoms with Crippen LogP contribution in [0.3, 0.4) is 0 Å². The summed E-state index contributed by atoms with van der Waals surface area (Å²) < 4.78 is 30.8. The molecule has 146 valence electrons. The lowest BCUT2D eigenvalue weighted by Gasteiger charge is -2.14. The Kier molecular flexibility index (Phi) is 6.08. The van der Waals surface area contributed by atoms with E-state index in [4.69, 9.17) is 9.84 Å². The van der Waals surface area contributed by atoms with E-state index in [1.54, 1.807) is 0 Å². The molecular weight excluding hydrogens is 400 g/mol. The highest BCUT2D eigenvalue weighted by molar-refractivity contribution is 7.74. The van der Waals surface area contributed by atoms with Gasteiger partial charge in [0, 0.05) is 0 Å². The average molecular weight is 409 g/mol. The summed E-state index contributed by atoms with van der Waals surface area (Å²) in [5.41, 5.74) is -3.03. The van der Waals surface area contributed by atoms with Crippen LogP contribution in [0.15, 0.2) is 36.4 Å². The number of carboxylic acids is 3. The topological polar surface area (TPSA) is 188 Å². The zero-order valence-corrected chi connectivity index (χ0v) is 14.3. The van der Waals surface area contributed by atoms with Gasteiger partial charge in [0.2, 0.25) is 0 Å². The monoisotopic (exact) mass is 409 g/mol. The Hall–Kier alpha value is -3.77. The predicted octanol–water partition coefficient (Wildman–Crippen LogP) is 1.17. The van der Waals surface area contributed by atoms with E-state index in [2.05, 4.69) is 4.18 Å². The quantitative estimate of drug-likeness (QED) is 0.338. The summed E-state index contributed by atoms with van der Waals surface area (Å²) in [5.74, 6) is -7.77. The van der Waals surface area contributed by atoms with Crippen LogP contribution in [0, 0.1) is 0 Å². The van der Waals surface area contributed by atoms with Gasteiger partial charge in [-0.15, -0.1) is 0 Å². The minimum Gasteiger partial charge on any atom is -0.740 e. The average Bonchev–Trinajstić information content (AvgIpc) is 2.60. The van der Waals surface area contributed by atoms with Crippen molar-refractivity contribution in [2.45, 2.75) is 0 Å². The molecule has 2 aromatic carbocycles. The maximum Gasteiger partial charge on any atom is 0.348 e. The number of carbonyl (C=O) groups excluding carboxylic acids is 1. The summed E-state index contributed by atoms with van der Waals surface area (Å²) in [4.78, 5) is 46.4. The molecule has 0 bridgehead atoms. The predicted molar refractivity (Wildman–Crippen MR) is 88.3 cm³/mol. The van der Waals surface area contributed by atoms with Crippen LogP contribution in [-0.2, 0) is 11.4 Å². The van der Waals surface area contributed by atoms with Crippen molar-refractivity contribution < 1.29 is 52.2 Å². The lowest BCUT2D eigenvalue weighted by atomic mass is 10.1. The number of aromatic carboxylic acids is 3. The van der Waals surface area contributed by atoms with Crippen molar-refractivity contribution in [2.24, 2.45) is 0 Å². The molecule has 0 aliphatic carbocycles. The third-order valence-corrected chi connectivity index (χ3v) is 3.61. The standard InChI is InChI=1S/C16H10O11S/c17-13(18)7-3-1-5-9(11(7)15(21)22)26-16(23)12-8(14(19)20)4-2-6-10(12)27-28(24)25/h1-6H,(H,17,18)(H,19,20)(H,21,22)(H,24,25)/p-1. The van der Waals surface area contributed by atoms with Crippen LogP contribution in [0.2, 0.25) is 0 Å². The molecule has 11 nitrogen and oxygen atoms in total. The van der Waals surface area contributed by atoms with Gasteiger partial charge in [0.25, 0.3) is 0 Å². The fraction of sp³-hybridized carbons (Fsp3) is 0. The first-order chi connectivity index (χ1) is 13.1. The smallest absolute Gasteiger partial charge is 0.348 e. The van der Waals surface area contributed by atoms with Crippen LogP contribution in [0.5, 0.6) is 11.5 Å². The molecule has 0 amide bonds. The molecule has 0 aliphatic heterocycles. The second kappa shape index (κ2) is 8.28. The Labute approximate surface area is 158 Å². The number of rotatable bonds is 7. The second-order valence-corrected chi connectivity index (χ2v) is 5.52. The molecule has 0 aromatic heterocycles. The van der Waals surface area contributed by atoms with Crippen molar-refractivity contribution in [2.75, 3.05) is 0 Å². The van der Waals surface area contributed by atoms with Crippen LogP contribution in [0.25, 0.3) is 0 Å². The van der Waals surface area contributed by atoms with Crippen molar-refractivity contribution >= 4 is 35.2 Å². The molecule has 2 aromatic rings. The lowest BCUT2D eigenvalue weighted by Crippen LogP contribution is -2.19. The SMILES string of the molecule is O=C(O)c1cccc(OC(=O)c2c(OS(=O)[O-])cccc2C(=O)O)c1C(=O)O. The van der Waals surface area contributed by atoms with Crippen molar-refractivity contribution in [3.63, 3.8) is 0 Å². The molecule has 0 saturated heterocycles. The normalized spacial score (nSPS) is 11.3. The van der Waals surface area contributed by atoms with E-state index in [1.807, 2.05) is 0 Å². The Morgan fingerprint density at radius 3 is 1.75 bits per heavy atom. The van der Waals surface area contributed by atoms with Gasteiger partial charge in [-0.05, 0) is 24.3 Å². The third kappa shape index (κ3) is 4.31. The molecule has 0 saturated carbocycles. The number of benzene rings is 2. The summed E-state index contributed by atoms with van der Waals surface area (Å²) in [7, 11) is 0. The Balaban J connectivity index is 2.59. The van der Waals surface area contributed by atoms with Gasteiger partial charge in [0.05, 0.1) is 11.1 Å². The minimum atomic E-state index is -3.16. The molecule has 3 N–H and O–H groups in total. The Morgan fingerprint density at radius 1 is 0.786 bits per heavy atom. The Morgan fingerprint density at radius 2 is 1.29 bits per heavy atom. The zero-order valence-electron chi connectivity index (χ0n) is 13.5. The van der Waals surface area contributed by atoms with E-state index in [-0.39, 0.29) is 0 Å². The summed E-state index contributed by atoms with van der Waals surface area (Å²) in [6.45, 7) is 0. The molecule has 0 spiro atoms. The maximum atomic E-state index is 12.5. The van der Waals surface area contributed by atoms with Gasteiger partial charge in [-0.25, -0.2) is 23.4 Å². The third-order valence-electron chi connectivity index (χ3n) is 3.29. The van der Waals surface area contributed by atoms with E-state index in [0.29, 0.717) is 0 Å². The second-order valence-electron chi connectivity index (χ2n) is 4.95. The zero-order chi connectivity index (χ0) is 21.0. The Bertz CT molecular complexity index is 1010. The lowest BCUT2D eigenvalue weighted by molar-refractivity contribution is 0.0632. The van der Waals surface area contributed by atoms with Crippen LogP contribution in [-0.4, -0.2) is 48.0 Å². The van der Waals surface area contributed by atoms with Crippen molar-refractivity contribution in [3.05, 3.63) is 58.7 Å². The van der Waals surface area contributed by atoms with Crippen LogP contribution >= 0.6 is 0 Å². The summed E-state index contributed by atoms with van der Waals surface area (Å²) in [6.07, 6.45) is 0. The summed E-state index contributed by atoms with van der Waals surface area (Å²) in [6, 6.07) is 6.09. The van der Waals surface area contributed by atoms with E-state index in [0.717, 1.165) is 36.4 Å². The van der Waals surface area contributed by atoms with Gasteiger partial charge in [0.1, 0.15) is 28.2 Å². The van der Waals surface area contributed by atoms with Crippen LogP contribution < -0.4 is 8.92 Å². The highest BCUT2D eigenvalue weighted by Crippen LogP contribution is 2.28. The molecular formula is C16H9O11S-. The number of esters is 1. The summed E-state index contributed by atoms with van der Waals surface area (Å²) >= 11 is -3.16. The molecule has 12 heteroatoms. The molecule has 0 fully saturated rings. The first kappa shape index (κ1) is 20.5. The molecule has 1 unspecified atom stereocenters. The molecule has 28 heavy (non-hydrogen) atoms. The molecule has 1 atom stereocenters. The van der Waals surface area contributed by atoms with Gasteiger partial charge < -0.3 is 28.8 Å². The molecule has 0 radical (unpaired) electrons. The van der Waals surface area contributed by atoms with E-state index >= 15 is 0 Å². The highest BCUT2D eigenvalue weighted by atomic mass is 32.2. The van der Waals surface area contributed by atoms with E-state index < -0.39 is 69.0 Å². The fourth-order valence-electron chi connectivity index (χ4n) is 2.23. The van der Waals surface area contributed by atoms with Crippen LogP contribution in [0.1, 0.15) is 41.4 Å². The molecule has 0 heterocycles. The number of carbonyl (C=O) groups is 4. The minimum absolute atomic E-state index is 0.676.